The molecule has 0 N–H and O–H groups in total. The van der Waals surface area contributed by atoms with Crippen molar-refractivity contribution in [1.82, 2.24) is 20.0 Å². The Balaban J connectivity index is 1.44. The van der Waals surface area contributed by atoms with Crippen LogP contribution in [0.5, 0.6) is 0 Å². The third-order valence-corrected chi connectivity index (χ3v) is 4.06. The maximum atomic E-state index is 5.92. The van der Waals surface area contributed by atoms with Gasteiger partial charge in [-0.25, -0.2) is 4.98 Å². The topological polar surface area (TPSA) is 77.4 Å². The molecule has 22 heavy (non-hydrogen) atoms. The van der Waals surface area contributed by atoms with Gasteiger partial charge in [-0.3, -0.25) is 4.90 Å². The summed E-state index contributed by atoms with van der Waals surface area (Å²) in [5.41, 5.74) is 0. The number of hydrogen-bond donors (Lipinski definition) is 0. The Morgan fingerprint density at radius 1 is 1.32 bits per heavy atom. The number of rotatable bonds is 4. The number of aromatic nitrogens is 3. The van der Waals surface area contributed by atoms with Crippen molar-refractivity contribution in [1.29, 1.82) is 0 Å². The molecule has 2 aliphatic rings. The van der Waals surface area contributed by atoms with E-state index in [2.05, 4.69) is 20.0 Å². The van der Waals surface area contributed by atoms with Crippen LogP contribution in [0.1, 0.15) is 55.2 Å². The summed E-state index contributed by atoms with van der Waals surface area (Å²) in [5.74, 6) is 3.57. The number of aryl methyl sites for hydroxylation is 1. The largest absolute Gasteiger partial charge is 0.444 e. The van der Waals surface area contributed by atoms with Gasteiger partial charge in [0.1, 0.15) is 11.9 Å². The summed E-state index contributed by atoms with van der Waals surface area (Å²) in [5, 5.41) is 3.84. The zero-order valence-corrected chi connectivity index (χ0v) is 12.9. The lowest BCUT2D eigenvalue weighted by molar-refractivity contribution is -0.0945. The van der Waals surface area contributed by atoms with Crippen LogP contribution >= 0.6 is 0 Å². The lowest BCUT2D eigenvalue weighted by Crippen LogP contribution is -2.42. The van der Waals surface area contributed by atoms with Crippen LogP contribution in [-0.4, -0.2) is 39.2 Å². The van der Waals surface area contributed by atoms with Gasteiger partial charge in [0.05, 0.1) is 18.8 Å². The molecule has 1 saturated heterocycles. The van der Waals surface area contributed by atoms with E-state index in [1.807, 2.05) is 20.0 Å². The Kier molecular flexibility index (Phi) is 3.46. The Hall–Kier alpha value is -1.73. The van der Waals surface area contributed by atoms with Crippen LogP contribution < -0.4 is 0 Å². The van der Waals surface area contributed by atoms with Crippen LogP contribution in [0.3, 0.4) is 0 Å². The number of oxazole rings is 1. The van der Waals surface area contributed by atoms with Crippen LogP contribution in [0.25, 0.3) is 0 Å². The van der Waals surface area contributed by atoms with Gasteiger partial charge in [-0.05, 0) is 26.7 Å². The van der Waals surface area contributed by atoms with Gasteiger partial charge < -0.3 is 13.7 Å². The molecule has 2 atom stereocenters. The molecule has 7 heteroatoms. The maximum Gasteiger partial charge on any atom is 0.257 e. The predicted octanol–water partition coefficient (Wildman–Crippen LogP) is 2.21. The summed E-state index contributed by atoms with van der Waals surface area (Å²) < 4.78 is 17.0. The predicted molar refractivity (Wildman–Crippen MR) is 76.1 cm³/mol. The van der Waals surface area contributed by atoms with Crippen molar-refractivity contribution in [2.24, 2.45) is 0 Å². The molecule has 1 aliphatic heterocycles. The highest BCUT2D eigenvalue weighted by atomic mass is 16.5. The van der Waals surface area contributed by atoms with E-state index in [1.54, 1.807) is 0 Å². The number of ether oxygens (including phenoxy) is 1. The molecule has 0 unspecified atom stereocenters. The van der Waals surface area contributed by atoms with E-state index in [9.17, 15) is 0 Å². The standard InChI is InChI=1S/C15H20N4O3/c1-9-6-19(7-13(20-9)15-17-10(2)18-22-15)8-14-16-5-12(21-14)11-3-4-11/h5,9,11,13H,3-4,6-8H2,1-2H3/t9-,13-/m1/s1. The molecule has 1 saturated carbocycles. The maximum absolute atomic E-state index is 5.92. The van der Waals surface area contributed by atoms with Gasteiger partial charge in [-0.15, -0.1) is 0 Å². The van der Waals surface area contributed by atoms with Crippen molar-refractivity contribution in [3.63, 3.8) is 0 Å². The molecule has 0 aromatic carbocycles. The van der Waals surface area contributed by atoms with Crippen molar-refractivity contribution in [2.45, 2.75) is 51.4 Å². The minimum absolute atomic E-state index is 0.101. The van der Waals surface area contributed by atoms with Gasteiger partial charge in [0.2, 0.25) is 5.89 Å². The van der Waals surface area contributed by atoms with E-state index in [0.29, 0.717) is 30.7 Å². The summed E-state index contributed by atoms with van der Waals surface area (Å²) in [4.78, 5) is 10.9. The zero-order valence-electron chi connectivity index (χ0n) is 12.9. The molecular weight excluding hydrogens is 284 g/mol. The Morgan fingerprint density at radius 2 is 2.18 bits per heavy atom. The summed E-state index contributed by atoms with van der Waals surface area (Å²) in [6.07, 6.45) is 4.23. The van der Waals surface area contributed by atoms with Crippen molar-refractivity contribution < 1.29 is 13.7 Å². The first kappa shape index (κ1) is 13.9. The van der Waals surface area contributed by atoms with Gasteiger partial charge >= 0.3 is 0 Å². The van der Waals surface area contributed by atoms with Gasteiger partial charge in [-0.2, -0.15) is 4.98 Å². The summed E-state index contributed by atoms with van der Waals surface area (Å²) >= 11 is 0. The smallest absolute Gasteiger partial charge is 0.257 e. The molecule has 0 bridgehead atoms. The van der Waals surface area contributed by atoms with Crippen LogP contribution in [0.4, 0.5) is 0 Å². The van der Waals surface area contributed by atoms with Gasteiger partial charge in [0, 0.05) is 19.0 Å². The van der Waals surface area contributed by atoms with E-state index in [0.717, 1.165) is 18.2 Å². The molecule has 3 heterocycles. The average molecular weight is 304 g/mol. The molecule has 118 valence electrons. The van der Waals surface area contributed by atoms with Gasteiger partial charge in [0.25, 0.3) is 5.89 Å². The quantitative estimate of drug-likeness (QED) is 0.857. The first-order chi connectivity index (χ1) is 10.7. The molecule has 7 nitrogen and oxygen atoms in total. The minimum atomic E-state index is -0.192. The highest BCUT2D eigenvalue weighted by Crippen LogP contribution is 2.40. The fourth-order valence-electron chi connectivity index (χ4n) is 2.89. The molecule has 2 aromatic rings. The van der Waals surface area contributed by atoms with Gasteiger partial charge in [-0.1, -0.05) is 5.16 Å². The second-order valence-corrected chi connectivity index (χ2v) is 6.24. The molecule has 1 aliphatic carbocycles. The molecule has 0 spiro atoms. The normalized spacial score (nSPS) is 26.5. The minimum Gasteiger partial charge on any atom is -0.444 e. The Bertz CT molecular complexity index is 649. The monoisotopic (exact) mass is 304 g/mol. The average Bonchev–Trinajstić information content (AvgIpc) is 3.08. The van der Waals surface area contributed by atoms with E-state index < -0.39 is 0 Å². The van der Waals surface area contributed by atoms with Crippen LogP contribution in [-0.2, 0) is 11.3 Å². The second kappa shape index (κ2) is 5.48. The highest BCUT2D eigenvalue weighted by molar-refractivity contribution is 5.08. The lowest BCUT2D eigenvalue weighted by atomic mass is 10.2. The number of hydrogen-bond acceptors (Lipinski definition) is 7. The molecule has 2 aromatic heterocycles. The summed E-state index contributed by atoms with van der Waals surface area (Å²) in [6.45, 7) is 6.08. The lowest BCUT2D eigenvalue weighted by Gasteiger charge is -2.34. The third-order valence-electron chi connectivity index (χ3n) is 4.06. The first-order valence-corrected chi connectivity index (χ1v) is 7.80. The van der Waals surface area contributed by atoms with Crippen molar-refractivity contribution in [3.8, 4) is 0 Å². The Morgan fingerprint density at radius 3 is 2.91 bits per heavy atom. The van der Waals surface area contributed by atoms with Gasteiger partial charge in [0.15, 0.2) is 5.82 Å². The summed E-state index contributed by atoms with van der Waals surface area (Å²) in [6, 6.07) is 0. The highest BCUT2D eigenvalue weighted by Gasteiger charge is 2.32. The van der Waals surface area contributed by atoms with Crippen LogP contribution in [0.2, 0.25) is 0 Å². The van der Waals surface area contributed by atoms with Crippen LogP contribution in [0, 0.1) is 6.92 Å². The fraction of sp³-hybridized carbons (Fsp3) is 0.667. The molecule has 0 amide bonds. The van der Waals surface area contributed by atoms with E-state index in [-0.39, 0.29) is 12.2 Å². The van der Waals surface area contributed by atoms with E-state index >= 15 is 0 Å². The summed E-state index contributed by atoms with van der Waals surface area (Å²) in [7, 11) is 0. The van der Waals surface area contributed by atoms with E-state index in [1.165, 1.54) is 12.8 Å². The molecule has 0 radical (unpaired) electrons. The van der Waals surface area contributed by atoms with Crippen molar-refractivity contribution >= 4 is 0 Å². The Labute approximate surface area is 128 Å². The number of nitrogens with zero attached hydrogens (tertiary/aromatic N) is 4. The van der Waals surface area contributed by atoms with E-state index in [4.69, 9.17) is 13.7 Å². The van der Waals surface area contributed by atoms with Crippen molar-refractivity contribution in [3.05, 3.63) is 29.6 Å². The van der Waals surface area contributed by atoms with Crippen LogP contribution in [0.15, 0.2) is 15.1 Å². The first-order valence-electron chi connectivity index (χ1n) is 7.80. The second-order valence-electron chi connectivity index (χ2n) is 6.24. The molecule has 2 fully saturated rings. The zero-order chi connectivity index (χ0) is 15.1. The molecular formula is C15H20N4O3. The SMILES string of the molecule is Cc1noc([C@H]2CN(Cc3ncc(C4CC4)o3)C[C@@H](C)O2)n1. The molecule has 4 rings (SSSR count). The fourth-order valence-corrected chi connectivity index (χ4v) is 2.89. The third kappa shape index (κ3) is 2.91. The number of morpholine rings is 1. The van der Waals surface area contributed by atoms with Crippen molar-refractivity contribution in [2.75, 3.05) is 13.1 Å².